The number of nitrogens with two attached hydrogens (primary N) is 1. The van der Waals surface area contributed by atoms with Crippen molar-refractivity contribution in [2.24, 2.45) is 15.9 Å². The molecule has 0 saturated heterocycles. The van der Waals surface area contributed by atoms with Gasteiger partial charge in [-0.15, -0.1) is 5.10 Å². The molecule has 2 N–H and O–H groups in total. The van der Waals surface area contributed by atoms with E-state index in [1.54, 1.807) is 0 Å². The first-order valence-electron chi connectivity index (χ1n) is 6.89. The van der Waals surface area contributed by atoms with Crippen LogP contribution in [0.3, 0.4) is 0 Å². The van der Waals surface area contributed by atoms with Crippen LogP contribution in [0, 0.1) is 5.82 Å². The van der Waals surface area contributed by atoms with E-state index in [4.69, 9.17) is 5.73 Å². The largest absolute Gasteiger partial charge is 0.377 e. The van der Waals surface area contributed by atoms with Crippen LogP contribution in [0.5, 0.6) is 0 Å². The minimum Gasteiger partial charge on any atom is -0.377 e. The molecule has 0 aliphatic rings. The lowest BCUT2D eigenvalue weighted by atomic mass is 10.2. The van der Waals surface area contributed by atoms with Crippen LogP contribution in [0.15, 0.2) is 63.6 Å². The monoisotopic (exact) mass is 365 g/mol. The zero-order valence-electron chi connectivity index (χ0n) is 12.9. The highest BCUT2D eigenvalue weighted by Crippen LogP contribution is 2.14. The summed E-state index contributed by atoms with van der Waals surface area (Å²) in [6.45, 7) is 0. The molecule has 0 heterocycles. The van der Waals surface area contributed by atoms with Crippen LogP contribution < -0.4 is 5.73 Å². The van der Waals surface area contributed by atoms with Crippen molar-refractivity contribution in [3.63, 3.8) is 0 Å². The zero-order chi connectivity index (χ0) is 17.6. The van der Waals surface area contributed by atoms with Crippen molar-refractivity contribution in [1.29, 1.82) is 0 Å². The number of halogens is 1. The van der Waals surface area contributed by atoms with E-state index in [0.717, 1.165) is 17.9 Å². The summed E-state index contributed by atoms with van der Waals surface area (Å²) in [5, 5.41) is 7.78. The second kappa shape index (κ2) is 8.07. The van der Waals surface area contributed by atoms with Crippen molar-refractivity contribution < 1.29 is 12.8 Å². The highest BCUT2D eigenvalue weighted by molar-refractivity contribution is 8.13. The molecule has 24 heavy (non-hydrogen) atoms. The number of hydrogen-bond donors (Lipinski definition) is 1. The van der Waals surface area contributed by atoms with E-state index >= 15 is 0 Å². The molecule has 0 aromatic heterocycles. The van der Waals surface area contributed by atoms with Gasteiger partial charge in [0.25, 0.3) is 0 Å². The fourth-order valence-corrected chi connectivity index (χ4v) is 3.00. The summed E-state index contributed by atoms with van der Waals surface area (Å²) in [5.41, 5.74) is 6.97. The standard InChI is InChI=1S/C16H16FN3O2S2/c1-24(21,22)14-8-7-13(15(17)9-14)10-19-20-16(18)23-11-12-5-3-2-4-6-12/h2-10H,11H2,1H3,(H2,18,20). The van der Waals surface area contributed by atoms with Crippen LogP contribution in [-0.2, 0) is 15.6 Å². The van der Waals surface area contributed by atoms with E-state index in [-0.39, 0.29) is 15.6 Å². The van der Waals surface area contributed by atoms with Gasteiger partial charge in [0, 0.05) is 17.6 Å². The SMILES string of the molecule is CS(=O)(=O)c1ccc(C=NN=C(N)SCc2ccccc2)c(F)c1. The van der Waals surface area contributed by atoms with Gasteiger partial charge in [-0.3, -0.25) is 0 Å². The normalized spacial score (nSPS) is 12.7. The predicted molar refractivity (Wildman–Crippen MR) is 96.5 cm³/mol. The topological polar surface area (TPSA) is 84.9 Å². The van der Waals surface area contributed by atoms with Crippen LogP contribution in [-0.4, -0.2) is 26.1 Å². The Labute approximate surface area is 144 Å². The summed E-state index contributed by atoms with van der Waals surface area (Å²) in [4.78, 5) is -0.0846. The molecule has 5 nitrogen and oxygen atoms in total. The van der Waals surface area contributed by atoms with E-state index in [1.165, 1.54) is 30.1 Å². The molecule has 0 aliphatic heterocycles. The lowest BCUT2D eigenvalue weighted by Crippen LogP contribution is -2.06. The van der Waals surface area contributed by atoms with Crippen molar-refractivity contribution >= 4 is 33.0 Å². The van der Waals surface area contributed by atoms with Crippen molar-refractivity contribution in [3.8, 4) is 0 Å². The molecule has 8 heteroatoms. The number of sulfone groups is 1. The van der Waals surface area contributed by atoms with Gasteiger partial charge in [-0.25, -0.2) is 12.8 Å². The van der Waals surface area contributed by atoms with Crippen LogP contribution in [0.1, 0.15) is 11.1 Å². The average molecular weight is 365 g/mol. The number of amidine groups is 1. The quantitative estimate of drug-likeness (QED) is 0.502. The Hall–Kier alpha value is -2.19. The Bertz CT molecular complexity index is 866. The average Bonchev–Trinajstić information content (AvgIpc) is 2.54. The van der Waals surface area contributed by atoms with Gasteiger partial charge in [0.15, 0.2) is 15.0 Å². The maximum absolute atomic E-state index is 13.8. The number of thioether (sulfide) groups is 1. The van der Waals surface area contributed by atoms with E-state index in [1.807, 2.05) is 30.3 Å². The van der Waals surface area contributed by atoms with E-state index in [9.17, 15) is 12.8 Å². The van der Waals surface area contributed by atoms with Crippen molar-refractivity contribution in [1.82, 2.24) is 0 Å². The van der Waals surface area contributed by atoms with Gasteiger partial charge in [0.05, 0.1) is 11.1 Å². The molecule has 2 rings (SSSR count). The lowest BCUT2D eigenvalue weighted by molar-refractivity contribution is 0.595. The van der Waals surface area contributed by atoms with Crippen molar-refractivity contribution in [2.45, 2.75) is 10.6 Å². The maximum Gasteiger partial charge on any atom is 0.180 e. The second-order valence-corrected chi connectivity index (χ2v) is 7.92. The fourth-order valence-electron chi connectivity index (χ4n) is 1.75. The molecule has 2 aromatic carbocycles. The summed E-state index contributed by atoms with van der Waals surface area (Å²) in [7, 11) is -3.45. The predicted octanol–water partition coefficient (Wildman–Crippen LogP) is 2.81. The second-order valence-electron chi connectivity index (χ2n) is 4.91. The van der Waals surface area contributed by atoms with E-state index in [2.05, 4.69) is 10.2 Å². The smallest absolute Gasteiger partial charge is 0.180 e. The highest BCUT2D eigenvalue weighted by Gasteiger charge is 2.09. The van der Waals surface area contributed by atoms with Gasteiger partial charge >= 0.3 is 0 Å². The molecule has 0 saturated carbocycles. The molecule has 0 amide bonds. The molecule has 0 bridgehead atoms. The Balaban J connectivity index is 2.00. The molecule has 126 valence electrons. The first kappa shape index (κ1) is 18.2. The van der Waals surface area contributed by atoms with Gasteiger partial charge in [-0.1, -0.05) is 42.1 Å². The minimum atomic E-state index is -3.45. The van der Waals surface area contributed by atoms with Crippen LogP contribution >= 0.6 is 11.8 Å². The third-order valence-corrected chi connectivity index (χ3v) is 4.95. The van der Waals surface area contributed by atoms with Crippen LogP contribution in [0.25, 0.3) is 0 Å². The number of benzene rings is 2. The molecule has 0 atom stereocenters. The minimum absolute atomic E-state index is 0.0846. The Morgan fingerprint density at radius 2 is 1.96 bits per heavy atom. The maximum atomic E-state index is 13.8. The molecule has 0 radical (unpaired) electrons. The molecule has 0 unspecified atom stereocenters. The number of nitrogens with zero attached hydrogens (tertiary/aromatic N) is 2. The van der Waals surface area contributed by atoms with Crippen molar-refractivity contribution in [3.05, 3.63) is 65.5 Å². The summed E-state index contributed by atoms with van der Waals surface area (Å²) >= 11 is 1.32. The van der Waals surface area contributed by atoms with Gasteiger partial charge in [0.2, 0.25) is 0 Å². The van der Waals surface area contributed by atoms with Gasteiger partial charge in [-0.05, 0) is 23.8 Å². The summed E-state index contributed by atoms with van der Waals surface area (Å²) in [6, 6.07) is 13.3. The Morgan fingerprint density at radius 3 is 2.58 bits per heavy atom. The number of rotatable bonds is 5. The van der Waals surface area contributed by atoms with Gasteiger partial charge in [0.1, 0.15) is 5.82 Å². The summed E-state index contributed by atoms with van der Waals surface area (Å²) < 4.78 is 36.5. The third-order valence-electron chi connectivity index (χ3n) is 2.98. The zero-order valence-corrected chi connectivity index (χ0v) is 14.5. The fraction of sp³-hybridized carbons (Fsp3) is 0.125. The van der Waals surface area contributed by atoms with Crippen molar-refractivity contribution in [2.75, 3.05) is 6.26 Å². The molecular weight excluding hydrogens is 349 g/mol. The first-order chi connectivity index (χ1) is 11.4. The van der Waals surface area contributed by atoms with Crippen LogP contribution in [0.4, 0.5) is 4.39 Å². The molecule has 0 fully saturated rings. The van der Waals surface area contributed by atoms with Gasteiger partial charge in [-0.2, -0.15) is 5.10 Å². The lowest BCUT2D eigenvalue weighted by Gasteiger charge is -2.01. The first-order valence-corrected chi connectivity index (χ1v) is 9.77. The van der Waals surface area contributed by atoms with Crippen LogP contribution in [0.2, 0.25) is 0 Å². The van der Waals surface area contributed by atoms with E-state index < -0.39 is 15.7 Å². The summed E-state index contributed by atoms with van der Waals surface area (Å²) in [6.07, 6.45) is 2.21. The molecule has 0 spiro atoms. The summed E-state index contributed by atoms with van der Waals surface area (Å²) in [5.74, 6) is -0.0317. The number of hydrogen-bond acceptors (Lipinski definition) is 5. The third kappa shape index (κ3) is 5.47. The van der Waals surface area contributed by atoms with Gasteiger partial charge < -0.3 is 5.73 Å². The highest BCUT2D eigenvalue weighted by atomic mass is 32.2. The molecule has 2 aromatic rings. The Kier molecular flexibility index (Phi) is 6.10. The molecule has 0 aliphatic carbocycles. The van der Waals surface area contributed by atoms with E-state index in [0.29, 0.717) is 5.75 Å². The Morgan fingerprint density at radius 1 is 1.25 bits per heavy atom. The molecular formula is C16H16FN3O2S2.